The lowest BCUT2D eigenvalue weighted by molar-refractivity contribution is 0.0784. The first-order valence-electron chi connectivity index (χ1n) is 7.40. The summed E-state index contributed by atoms with van der Waals surface area (Å²) in [6.45, 7) is 4.07. The van der Waals surface area contributed by atoms with Crippen molar-refractivity contribution < 1.29 is 19.4 Å². The van der Waals surface area contributed by atoms with E-state index in [1.807, 2.05) is 11.8 Å². The van der Waals surface area contributed by atoms with Crippen molar-refractivity contribution in [3.63, 3.8) is 0 Å². The molecule has 1 saturated heterocycles. The van der Waals surface area contributed by atoms with Crippen LogP contribution in [0.3, 0.4) is 0 Å². The Hall–Kier alpha value is -1.75. The van der Waals surface area contributed by atoms with E-state index >= 15 is 0 Å². The summed E-state index contributed by atoms with van der Waals surface area (Å²) in [6.07, 6.45) is 1.72. The lowest BCUT2D eigenvalue weighted by atomic mass is 10.1. The van der Waals surface area contributed by atoms with E-state index in [1.54, 1.807) is 25.3 Å². The lowest BCUT2D eigenvalue weighted by Gasteiger charge is -2.18. The number of ether oxygens (including phenoxy) is 2. The fourth-order valence-electron chi connectivity index (χ4n) is 2.70. The number of aliphatic hydroxyl groups is 1. The van der Waals surface area contributed by atoms with Crippen molar-refractivity contribution in [3.8, 4) is 11.5 Å². The largest absolute Gasteiger partial charge is 0.493 e. The van der Waals surface area contributed by atoms with Crippen LogP contribution in [0.2, 0.25) is 0 Å². The molecule has 1 aliphatic heterocycles. The molecule has 5 heteroatoms. The first-order chi connectivity index (χ1) is 10.2. The normalized spacial score (nSPS) is 17.9. The van der Waals surface area contributed by atoms with E-state index < -0.39 is 0 Å². The highest BCUT2D eigenvalue weighted by atomic mass is 16.5. The number of hydrogen-bond donors (Lipinski definition) is 1. The Bertz CT molecular complexity index is 489. The third kappa shape index (κ3) is 3.67. The first-order valence-corrected chi connectivity index (χ1v) is 7.40. The van der Waals surface area contributed by atoms with Crippen molar-refractivity contribution in [2.45, 2.75) is 19.8 Å². The smallest absolute Gasteiger partial charge is 0.254 e. The number of amides is 1. The minimum Gasteiger partial charge on any atom is -0.493 e. The molecule has 1 aromatic rings. The molecule has 1 unspecified atom stereocenters. The van der Waals surface area contributed by atoms with Crippen molar-refractivity contribution in [1.29, 1.82) is 0 Å². The number of carbonyl (C=O) groups excluding carboxylic acids is 1. The van der Waals surface area contributed by atoms with Gasteiger partial charge in [0, 0.05) is 25.3 Å². The highest BCUT2D eigenvalue weighted by Crippen LogP contribution is 2.29. The molecule has 0 saturated carbocycles. The van der Waals surface area contributed by atoms with Gasteiger partial charge in [0.05, 0.1) is 13.7 Å². The summed E-state index contributed by atoms with van der Waals surface area (Å²) < 4.78 is 10.7. The zero-order valence-corrected chi connectivity index (χ0v) is 12.7. The van der Waals surface area contributed by atoms with Gasteiger partial charge in [-0.3, -0.25) is 4.79 Å². The van der Waals surface area contributed by atoms with Gasteiger partial charge in [-0.1, -0.05) is 0 Å². The third-order valence-corrected chi connectivity index (χ3v) is 3.82. The Morgan fingerprint density at radius 1 is 1.43 bits per heavy atom. The second-order valence-corrected chi connectivity index (χ2v) is 5.22. The summed E-state index contributed by atoms with van der Waals surface area (Å²) in [5, 5.41) is 8.99. The number of benzene rings is 1. The Balaban J connectivity index is 2.10. The SMILES string of the molecule is CCOc1cc(C(=O)N2CCC(CCO)C2)ccc1OC. The molecule has 0 radical (unpaired) electrons. The molecule has 1 amide bonds. The van der Waals surface area contributed by atoms with Crippen LogP contribution in [0.1, 0.15) is 30.1 Å². The highest BCUT2D eigenvalue weighted by Gasteiger charge is 2.27. The molecule has 1 aliphatic rings. The van der Waals surface area contributed by atoms with Crippen molar-refractivity contribution in [2.75, 3.05) is 33.4 Å². The van der Waals surface area contributed by atoms with E-state index in [9.17, 15) is 4.79 Å². The van der Waals surface area contributed by atoms with Crippen LogP contribution in [-0.2, 0) is 0 Å². The number of aliphatic hydroxyl groups excluding tert-OH is 1. The minimum absolute atomic E-state index is 0.0130. The van der Waals surface area contributed by atoms with Crippen LogP contribution in [-0.4, -0.2) is 49.3 Å². The van der Waals surface area contributed by atoms with Gasteiger partial charge >= 0.3 is 0 Å². The number of rotatable bonds is 6. The van der Waals surface area contributed by atoms with E-state index in [2.05, 4.69) is 0 Å². The number of methoxy groups -OCH3 is 1. The zero-order chi connectivity index (χ0) is 15.2. The number of hydrogen-bond acceptors (Lipinski definition) is 4. The van der Waals surface area contributed by atoms with Gasteiger partial charge < -0.3 is 19.5 Å². The van der Waals surface area contributed by atoms with Gasteiger partial charge in [0.15, 0.2) is 11.5 Å². The second kappa shape index (κ2) is 7.31. The summed E-state index contributed by atoms with van der Waals surface area (Å²) in [7, 11) is 1.58. The summed E-state index contributed by atoms with van der Waals surface area (Å²) in [4.78, 5) is 14.4. The molecule has 1 N–H and O–H groups in total. The Labute approximate surface area is 125 Å². The molecule has 2 rings (SSSR count). The lowest BCUT2D eigenvalue weighted by Crippen LogP contribution is -2.28. The van der Waals surface area contributed by atoms with Gasteiger partial charge in [-0.25, -0.2) is 0 Å². The molecule has 0 bridgehead atoms. The van der Waals surface area contributed by atoms with Crippen molar-refractivity contribution >= 4 is 5.91 Å². The fourth-order valence-corrected chi connectivity index (χ4v) is 2.70. The molecule has 116 valence electrons. The van der Waals surface area contributed by atoms with E-state index in [-0.39, 0.29) is 12.5 Å². The van der Waals surface area contributed by atoms with E-state index in [1.165, 1.54) is 0 Å². The van der Waals surface area contributed by atoms with Crippen LogP contribution in [0, 0.1) is 5.92 Å². The zero-order valence-electron chi connectivity index (χ0n) is 12.7. The van der Waals surface area contributed by atoms with Crippen LogP contribution in [0.5, 0.6) is 11.5 Å². The molecule has 5 nitrogen and oxygen atoms in total. The molecule has 1 atom stereocenters. The molecule has 21 heavy (non-hydrogen) atoms. The monoisotopic (exact) mass is 293 g/mol. The van der Waals surface area contributed by atoms with Crippen LogP contribution in [0.4, 0.5) is 0 Å². The standard InChI is InChI=1S/C16H23NO4/c1-3-21-15-10-13(4-5-14(15)20-2)16(19)17-8-6-12(11-17)7-9-18/h4-5,10,12,18H,3,6-9,11H2,1-2H3. The van der Waals surface area contributed by atoms with Gasteiger partial charge in [-0.15, -0.1) is 0 Å². The fraction of sp³-hybridized carbons (Fsp3) is 0.562. The molecule has 1 aromatic carbocycles. The molecule has 1 fully saturated rings. The average Bonchev–Trinajstić information content (AvgIpc) is 2.96. The van der Waals surface area contributed by atoms with E-state index in [4.69, 9.17) is 14.6 Å². The Morgan fingerprint density at radius 3 is 2.90 bits per heavy atom. The maximum atomic E-state index is 12.5. The molecule has 1 heterocycles. The predicted octanol–water partition coefficient (Wildman–Crippen LogP) is 1.94. The summed E-state index contributed by atoms with van der Waals surface area (Å²) >= 11 is 0. The summed E-state index contributed by atoms with van der Waals surface area (Å²) in [5.74, 6) is 1.65. The topological polar surface area (TPSA) is 59.0 Å². The van der Waals surface area contributed by atoms with Gasteiger partial charge in [0.1, 0.15) is 0 Å². The van der Waals surface area contributed by atoms with Crippen molar-refractivity contribution in [1.82, 2.24) is 4.90 Å². The van der Waals surface area contributed by atoms with Crippen LogP contribution in [0.25, 0.3) is 0 Å². The van der Waals surface area contributed by atoms with Gasteiger partial charge in [-0.2, -0.15) is 0 Å². The molecular weight excluding hydrogens is 270 g/mol. The average molecular weight is 293 g/mol. The van der Waals surface area contributed by atoms with Crippen molar-refractivity contribution in [3.05, 3.63) is 23.8 Å². The van der Waals surface area contributed by atoms with Crippen molar-refractivity contribution in [2.24, 2.45) is 5.92 Å². The minimum atomic E-state index is 0.0130. The highest BCUT2D eigenvalue weighted by molar-refractivity contribution is 5.95. The van der Waals surface area contributed by atoms with Gasteiger partial charge in [0.2, 0.25) is 0 Å². The van der Waals surface area contributed by atoms with E-state index in [0.717, 1.165) is 25.9 Å². The molecule has 0 spiro atoms. The van der Waals surface area contributed by atoms with Gasteiger partial charge in [0.25, 0.3) is 5.91 Å². The number of likely N-dealkylation sites (tertiary alicyclic amines) is 1. The van der Waals surface area contributed by atoms with E-state index in [0.29, 0.717) is 29.6 Å². The maximum absolute atomic E-state index is 12.5. The van der Waals surface area contributed by atoms with Crippen LogP contribution < -0.4 is 9.47 Å². The molecular formula is C16H23NO4. The third-order valence-electron chi connectivity index (χ3n) is 3.82. The predicted molar refractivity (Wildman–Crippen MR) is 79.9 cm³/mol. The van der Waals surface area contributed by atoms with Gasteiger partial charge in [-0.05, 0) is 43.9 Å². The molecule has 0 aliphatic carbocycles. The number of nitrogens with zero attached hydrogens (tertiary/aromatic N) is 1. The van der Waals surface area contributed by atoms with Crippen LogP contribution in [0.15, 0.2) is 18.2 Å². The first kappa shape index (κ1) is 15.6. The second-order valence-electron chi connectivity index (χ2n) is 5.22. The summed E-state index contributed by atoms with van der Waals surface area (Å²) in [6, 6.07) is 5.27. The van der Waals surface area contributed by atoms with Crippen LogP contribution >= 0.6 is 0 Å². The maximum Gasteiger partial charge on any atom is 0.254 e. The Kier molecular flexibility index (Phi) is 5.44. The molecule has 0 aromatic heterocycles. The quantitative estimate of drug-likeness (QED) is 0.871. The number of carbonyl (C=O) groups is 1. The Morgan fingerprint density at radius 2 is 2.24 bits per heavy atom. The summed E-state index contributed by atoms with van der Waals surface area (Å²) in [5.41, 5.74) is 0.615.